The zero-order chi connectivity index (χ0) is 10.7. The van der Waals surface area contributed by atoms with Crippen molar-refractivity contribution in [3.63, 3.8) is 0 Å². The number of aromatic amines is 1. The van der Waals surface area contributed by atoms with E-state index in [2.05, 4.69) is 26.2 Å². The molecule has 2 nitrogen and oxygen atoms in total. The highest BCUT2D eigenvalue weighted by Crippen LogP contribution is 2.15. The highest BCUT2D eigenvalue weighted by Gasteiger charge is 2.00. The van der Waals surface area contributed by atoms with E-state index in [1.54, 1.807) is 18.2 Å². The fourth-order valence-electron chi connectivity index (χ4n) is 1.31. The fraction of sp³-hybridized carbons (Fsp3) is 0.0909. The highest BCUT2D eigenvalue weighted by atomic mass is 79.9. The Morgan fingerprint density at radius 1 is 1.33 bits per heavy atom. The number of rotatable bonds is 3. The van der Waals surface area contributed by atoms with Crippen molar-refractivity contribution in [2.24, 2.45) is 0 Å². The molecule has 0 spiro atoms. The van der Waals surface area contributed by atoms with Gasteiger partial charge in [-0.05, 0) is 39.7 Å². The molecule has 0 amide bonds. The van der Waals surface area contributed by atoms with Gasteiger partial charge in [0.15, 0.2) is 0 Å². The number of benzene rings is 1. The average Bonchev–Trinajstić information content (AvgIpc) is 2.63. The van der Waals surface area contributed by atoms with Crippen LogP contribution in [0.15, 0.2) is 41.1 Å². The number of H-pyrrole nitrogens is 1. The predicted molar refractivity (Wildman–Crippen MR) is 62.2 cm³/mol. The molecular formula is C11H10BrFN2. The lowest BCUT2D eigenvalue weighted by molar-refractivity contribution is 0.630. The van der Waals surface area contributed by atoms with Crippen LogP contribution in [0.2, 0.25) is 0 Å². The molecule has 0 bridgehead atoms. The second kappa shape index (κ2) is 4.49. The highest BCUT2D eigenvalue weighted by molar-refractivity contribution is 9.10. The van der Waals surface area contributed by atoms with Gasteiger partial charge in [0, 0.05) is 12.7 Å². The molecule has 0 aliphatic heterocycles. The largest absolute Gasteiger partial charge is 0.379 e. The third-order valence-electron chi connectivity index (χ3n) is 2.06. The quantitative estimate of drug-likeness (QED) is 0.876. The van der Waals surface area contributed by atoms with E-state index < -0.39 is 0 Å². The number of nitrogens with one attached hydrogen (secondary N) is 2. The summed E-state index contributed by atoms with van der Waals surface area (Å²) in [4.78, 5) is 3.00. The van der Waals surface area contributed by atoms with Crippen LogP contribution in [-0.4, -0.2) is 4.98 Å². The maximum absolute atomic E-state index is 13.2. The van der Waals surface area contributed by atoms with Gasteiger partial charge in [-0.3, -0.25) is 0 Å². The van der Waals surface area contributed by atoms with E-state index >= 15 is 0 Å². The number of aromatic nitrogens is 1. The summed E-state index contributed by atoms with van der Waals surface area (Å²) in [5.74, 6) is -0.230. The lowest BCUT2D eigenvalue weighted by atomic mass is 10.3. The number of hydrogen-bond acceptors (Lipinski definition) is 1. The molecule has 2 aromatic rings. The standard InChI is InChI=1S/C11H10BrFN2/c12-11-5-8(7-15-11)6-14-10-4-2-1-3-9(10)13/h1-5,7,14-15H,6H2. The van der Waals surface area contributed by atoms with Crippen molar-refractivity contribution in [1.29, 1.82) is 0 Å². The van der Waals surface area contributed by atoms with Crippen LogP contribution in [0.4, 0.5) is 10.1 Å². The minimum atomic E-state index is -0.230. The number of halogens is 2. The molecule has 78 valence electrons. The van der Waals surface area contributed by atoms with Crippen molar-refractivity contribution in [1.82, 2.24) is 4.98 Å². The van der Waals surface area contributed by atoms with Gasteiger partial charge in [-0.2, -0.15) is 0 Å². The smallest absolute Gasteiger partial charge is 0.146 e. The second-order valence-corrected chi connectivity index (χ2v) is 4.04. The third-order valence-corrected chi connectivity index (χ3v) is 2.52. The molecule has 0 radical (unpaired) electrons. The SMILES string of the molecule is Fc1ccccc1NCc1c[nH]c(Br)c1. The van der Waals surface area contributed by atoms with Gasteiger partial charge in [-0.25, -0.2) is 4.39 Å². The molecule has 4 heteroatoms. The zero-order valence-electron chi connectivity index (χ0n) is 7.93. The Morgan fingerprint density at radius 2 is 2.13 bits per heavy atom. The fourth-order valence-corrected chi connectivity index (χ4v) is 1.72. The second-order valence-electron chi connectivity index (χ2n) is 3.19. The summed E-state index contributed by atoms with van der Waals surface area (Å²) in [6.07, 6.45) is 1.87. The van der Waals surface area contributed by atoms with Crippen molar-refractivity contribution in [2.45, 2.75) is 6.54 Å². The Hall–Kier alpha value is -1.29. The molecule has 1 aromatic carbocycles. The van der Waals surface area contributed by atoms with E-state index in [1.165, 1.54) is 6.07 Å². The van der Waals surface area contributed by atoms with Gasteiger partial charge in [0.1, 0.15) is 5.82 Å². The maximum Gasteiger partial charge on any atom is 0.146 e. The van der Waals surface area contributed by atoms with Crippen LogP contribution in [0.1, 0.15) is 5.56 Å². The Balaban J connectivity index is 2.02. The van der Waals surface area contributed by atoms with E-state index in [4.69, 9.17) is 0 Å². The summed E-state index contributed by atoms with van der Waals surface area (Å²) >= 11 is 3.32. The summed E-state index contributed by atoms with van der Waals surface area (Å²) in [5, 5.41) is 3.03. The maximum atomic E-state index is 13.2. The van der Waals surface area contributed by atoms with E-state index in [0.717, 1.165) is 10.2 Å². The monoisotopic (exact) mass is 268 g/mol. The number of hydrogen-bond donors (Lipinski definition) is 2. The topological polar surface area (TPSA) is 27.8 Å². The van der Waals surface area contributed by atoms with Gasteiger partial charge in [0.25, 0.3) is 0 Å². The van der Waals surface area contributed by atoms with Crippen LogP contribution in [0.25, 0.3) is 0 Å². The third kappa shape index (κ3) is 2.59. The first-order valence-corrected chi connectivity index (χ1v) is 5.36. The number of anilines is 1. The molecule has 1 heterocycles. The van der Waals surface area contributed by atoms with Crippen LogP contribution >= 0.6 is 15.9 Å². The molecular weight excluding hydrogens is 259 g/mol. The molecule has 0 atom stereocenters. The lowest BCUT2D eigenvalue weighted by Crippen LogP contribution is -1.99. The lowest BCUT2D eigenvalue weighted by Gasteiger charge is -2.05. The van der Waals surface area contributed by atoms with E-state index in [1.807, 2.05) is 12.3 Å². The Bertz CT molecular complexity index is 453. The Morgan fingerprint density at radius 3 is 2.80 bits per heavy atom. The summed E-state index contributed by atoms with van der Waals surface area (Å²) in [6, 6.07) is 8.59. The molecule has 0 fully saturated rings. The summed E-state index contributed by atoms with van der Waals surface area (Å²) < 4.78 is 14.1. The zero-order valence-corrected chi connectivity index (χ0v) is 9.51. The van der Waals surface area contributed by atoms with E-state index in [-0.39, 0.29) is 5.82 Å². The first-order valence-electron chi connectivity index (χ1n) is 4.57. The first-order chi connectivity index (χ1) is 7.25. The Labute approximate surface area is 95.6 Å². The van der Waals surface area contributed by atoms with Crippen molar-refractivity contribution >= 4 is 21.6 Å². The molecule has 0 saturated carbocycles. The molecule has 1 aromatic heterocycles. The van der Waals surface area contributed by atoms with Crippen molar-refractivity contribution in [3.8, 4) is 0 Å². The van der Waals surface area contributed by atoms with Crippen molar-refractivity contribution in [2.75, 3.05) is 5.32 Å². The van der Waals surface area contributed by atoms with E-state index in [0.29, 0.717) is 12.2 Å². The minimum absolute atomic E-state index is 0.230. The average molecular weight is 269 g/mol. The van der Waals surface area contributed by atoms with Crippen LogP contribution < -0.4 is 5.32 Å². The molecule has 2 N–H and O–H groups in total. The Kier molecular flexibility index (Phi) is 3.06. The van der Waals surface area contributed by atoms with Crippen molar-refractivity contribution < 1.29 is 4.39 Å². The van der Waals surface area contributed by atoms with Gasteiger partial charge < -0.3 is 10.3 Å². The summed E-state index contributed by atoms with van der Waals surface area (Å²) in [6.45, 7) is 0.600. The van der Waals surface area contributed by atoms with Gasteiger partial charge in [0.2, 0.25) is 0 Å². The summed E-state index contributed by atoms with van der Waals surface area (Å²) in [5.41, 5.74) is 1.60. The van der Waals surface area contributed by atoms with Gasteiger partial charge in [-0.1, -0.05) is 12.1 Å². The number of para-hydroxylation sites is 1. The van der Waals surface area contributed by atoms with Crippen LogP contribution in [0.3, 0.4) is 0 Å². The molecule has 15 heavy (non-hydrogen) atoms. The van der Waals surface area contributed by atoms with Crippen molar-refractivity contribution in [3.05, 3.63) is 52.5 Å². The normalized spacial score (nSPS) is 10.3. The van der Waals surface area contributed by atoms with Crippen LogP contribution in [-0.2, 0) is 6.54 Å². The van der Waals surface area contributed by atoms with Gasteiger partial charge >= 0.3 is 0 Å². The summed E-state index contributed by atoms with van der Waals surface area (Å²) in [7, 11) is 0. The van der Waals surface area contributed by atoms with Gasteiger partial charge in [0.05, 0.1) is 10.3 Å². The predicted octanol–water partition coefficient (Wildman–Crippen LogP) is 3.53. The molecule has 0 unspecified atom stereocenters. The van der Waals surface area contributed by atoms with Crippen LogP contribution in [0, 0.1) is 5.82 Å². The molecule has 0 aliphatic carbocycles. The van der Waals surface area contributed by atoms with E-state index in [9.17, 15) is 4.39 Å². The van der Waals surface area contributed by atoms with Crippen LogP contribution in [0.5, 0.6) is 0 Å². The minimum Gasteiger partial charge on any atom is -0.379 e. The first kappa shape index (κ1) is 10.2. The molecule has 0 aliphatic rings. The molecule has 0 saturated heterocycles. The molecule has 2 rings (SSSR count). The van der Waals surface area contributed by atoms with Gasteiger partial charge in [-0.15, -0.1) is 0 Å².